The van der Waals surface area contributed by atoms with Crippen LogP contribution in [0.3, 0.4) is 0 Å². The van der Waals surface area contributed by atoms with Gasteiger partial charge in [-0.1, -0.05) is 42.5 Å². The molecule has 1 aliphatic carbocycles. The molecule has 1 N–H and O–H groups in total. The van der Waals surface area contributed by atoms with Crippen molar-refractivity contribution in [2.24, 2.45) is 0 Å². The third-order valence-electron chi connectivity index (χ3n) is 3.69. The van der Waals surface area contributed by atoms with E-state index in [-0.39, 0.29) is 6.61 Å². The van der Waals surface area contributed by atoms with Gasteiger partial charge >= 0.3 is 0 Å². The minimum Gasteiger partial charge on any atom is -0.392 e. The first-order valence-corrected chi connectivity index (χ1v) is 6.64. The van der Waals surface area contributed by atoms with Gasteiger partial charge in [0.2, 0.25) is 0 Å². The van der Waals surface area contributed by atoms with Crippen molar-refractivity contribution in [2.75, 3.05) is 0 Å². The summed E-state index contributed by atoms with van der Waals surface area (Å²) in [6.07, 6.45) is 4.29. The Hall–Kier alpha value is -1.60. The Morgan fingerprint density at radius 2 is 1.22 bits per heavy atom. The van der Waals surface area contributed by atoms with Gasteiger partial charge < -0.3 is 5.11 Å². The maximum absolute atomic E-state index is 9.32. The molecule has 2 aromatic carbocycles. The Kier molecular flexibility index (Phi) is 3.16. The molecule has 4 bridgehead atoms. The predicted octanol–water partition coefficient (Wildman–Crippen LogP) is 3.06. The summed E-state index contributed by atoms with van der Waals surface area (Å²) in [4.78, 5) is 0. The molecule has 18 heavy (non-hydrogen) atoms. The minimum absolute atomic E-state index is 0.145. The third-order valence-corrected chi connectivity index (χ3v) is 3.69. The van der Waals surface area contributed by atoms with Crippen LogP contribution in [0.5, 0.6) is 0 Å². The normalized spacial score (nSPS) is 14.3. The van der Waals surface area contributed by atoms with Crippen LogP contribution in [0.15, 0.2) is 42.5 Å². The Bertz CT molecular complexity index is 516. The fourth-order valence-electron chi connectivity index (χ4n) is 2.74. The average molecular weight is 238 g/mol. The maximum Gasteiger partial charge on any atom is 0.0682 e. The van der Waals surface area contributed by atoms with E-state index in [1.165, 1.54) is 22.3 Å². The predicted molar refractivity (Wildman–Crippen MR) is 73.6 cm³/mol. The van der Waals surface area contributed by atoms with E-state index >= 15 is 0 Å². The van der Waals surface area contributed by atoms with Crippen molar-refractivity contribution < 1.29 is 5.11 Å². The van der Waals surface area contributed by atoms with E-state index in [2.05, 4.69) is 42.5 Å². The van der Waals surface area contributed by atoms with Gasteiger partial charge in [0, 0.05) is 0 Å². The number of hydrogen-bond donors (Lipinski definition) is 1. The van der Waals surface area contributed by atoms with Gasteiger partial charge in [-0.05, 0) is 53.5 Å². The minimum atomic E-state index is 0.145. The van der Waals surface area contributed by atoms with Gasteiger partial charge in [0.05, 0.1) is 6.61 Å². The van der Waals surface area contributed by atoms with Crippen LogP contribution in [0.4, 0.5) is 0 Å². The molecule has 0 aromatic heterocycles. The Morgan fingerprint density at radius 3 is 1.78 bits per heavy atom. The smallest absolute Gasteiger partial charge is 0.0682 e. The molecule has 1 heteroatoms. The van der Waals surface area contributed by atoms with Gasteiger partial charge in [-0.2, -0.15) is 0 Å². The largest absolute Gasteiger partial charge is 0.392 e. The van der Waals surface area contributed by atoms with Crippen molar-refractivity contribution in [1.82, 2.24) is 0 Å². The SMILES string of the molecule is OCc1cc2cc(c1)CCc1cccc(c1)CC2. The zero-order chi connectivity index (χ0) is 12.4. The van der Waals surface area contributed by atoms with Crippen molar-refractivity contribution in [2.45, 2.75) is 32.3 Å². The van der Waals surface area contributed by atoms with E-state index in [4.69, 9.17) is 0 Å². The monoisotopic (exact) mass is 238 g/mol. The summed E-state index contributed by atoms with van der Waals surface area (Å²) >= 11 is 0. The highest BCUT2D eigenvalue weighted by Crippen LogP contribution is 2.18. The molecule has 0 spiro atoms. The summed E-state index contributed by atoms with van der Waals surface area (Å²) in [5, 5.41) is 9.32. The van der Waals surface area contributed by atoms with Gasteiger partial charge in [-0.25, -0.2) is 0 Å². The van der Waals surface area contributed by atoms with Crippen molar-refractivity contribution in [3.05, 3.63) is 70.3 Å². The summed E-state index contributed by atoms with van der Waals surface area (Å²) in [6.45, 7) is 0.145. The number of benzene rings is 2. The molecule has 0 amide bonds. The van der Waals surface area contributed by atoms with Crippen LogP contribution in [-0.4, -0.2) is 5.11 Å². The quantitative estimate of drug-likeness (QED) is 0.809. The van der Waals surface area contributed by atoms with Crippen molar-refractivity contribution in [3.63, 3.8) is 0 Å². The molecule has 0 saturated carbocycles. The molecule has 0 aliphatic heterocycles. The summed E-state index contributed by atoms with van der Waals surface area (Å²) < 4.78 is 0. The van der Waals surface area contributed by atoms with E-state index in [1.54, 1.807) is 0 Å². The first-order chi connectivity index (χ1) is 8.83. The van der Waals surface area contributed by atoms with Crippen LogP contribution in [0, 0.1) is 0 Å². The van der Waals surface area contributed by atoms with E-state index in [9.17, 15) is 5.11 Å². The highest BCUT2D eigenvalue weighted by molar-refractivity contribution is 5.33. The maximum atomic E-state index is 9.32. The van der Waals surface area contributed by atoms with Gasteiger partial charge in [-0.3, -0.25) is 0 Å². The van der Waals surface area contributed by atoms with Gasteiger partial charge in [0.15, 0.2) is 0 Å². The molecule has 0 heterocycles. The van der Waals surface area contributed by atoms with Crippen LogP contribution >= 0.6 is 0 Å². The fourth-order valence-corrected chi connectivity index (χ4v) is 2.74. The summed E-state index contributed by atoms with van der Waals surface area (Å²) in [7, 11) is 0. The molecule has 0 radical (unpaired) electrons. The van der Waals surface area contributed by atoms with Crippen LogP contribution in [0.25, 0.3) is 0 Å². The fraction of sp³-hybridized carbons (Fsp3) is 0.294. The number of aliphatic hydroxyl groups is 1. The summed E-state index contributed by atoms with van der Waals surface area (Å²) in [5.74, 6) is 0. The Labute approximate surface area is 108 Å². The van der Waals surface area contributed by atoms with Gasteiger partial charge in [-0.15, -0.1) is 0 Å². The lowest BCUT2D eigenvalue weighted by Crippen LogP contribution is -2.01. The molecule has 0 atom stereocenters. The first-order valence-electron chi connectivity index (χ1n) is 6.64. The Balaban J connectivity index is 1.97. The van der Waals surface area contributed by atoms with E-state index in [0.29, 0.717) is 0 Å². The lowest BCUT2D eigenvalue weighted by molar-refractivity contribution is 0.281. The molecule has 3 rings (SSSR count). The molecule has 92 valence electrons. The first kappa shape index (κ1) is 11.5. The lowest BCUT2D eigenvalue weighted by atomic mass is 9.93. The Morgan fingerprint density at radius 1 is 0.722 bits per heavy atom. The third kappa shape index (κ3) is 2.46. The molecule has 0 fully saturated rings. The zero-order valence-corrected chi connectivity index (χ0v) is 10.5. The van der Waals surface area contributed by atoms with E-state index in [0.717, 1.165) is 31.2 Å². The number of rotatable bonds is 1. The van der Waals surface area contributed by atoms with Crippen molar-refractivity contribution in [3.8, 4) is 0 Å². The highest BCUT2D eigenvalue weighted by Gasteiger charge is 2.06. The topological polar surface area (TPSA) is 20.2 Å². The average Bonchev–Trinajstić information content (AvgIpc) is 2.42. The molecule has 2 aromatic rings. The van der Waals surface area contributed by atoms with Crippen molar-refractivity contribution >= 4 is 0 Å². The number of hydrogen-bond acceptors (Lipinski definition) is 1. The second kappa shape index (κ2) is 4.95. The van der Waals surface area contributed by atoms with E-state index in [1.807, 2.05) is 0 Å². The van der Waals surface area contributed by atoms with E-state index < -0.39 is 0 Å². The van der Waals surface area contributed by atoms with Gasteiger partial charge in [0.25, 0.3) is 0 Å². The standard InChI is InChI=1S/C17H18O/c18-12-17-10-15-6-4-13-2-1-3-14(8-13)5-7-16(9-15)11-17/h1-3,8-11,18H,4-7,12H2. The van der Waals surface area contributed by atoms with Crippen LogP contribution in [-0.2, 0) is 32.3 Å². The summed E-state index contributed by atoms with van der Waals surface area (Å²) in [6, 6.07) is 15.5. The highest BCUT2D eigenvalue weighted by atomic mass is 16.3. The molecular weight excluding hydrogens is 220 g/mol. The second-order valence-electron chi connectivity index (χ2n) is 5.14. The van der Waals surface area contributed by atoms with Crippen LogP contribution < -0.4 is 0 Å². The van der Waals surface area contributed by atoms with Crippen LogP contribution in [0.2, 0.25) is 0 Å². The number of aryl methyl sites for hydroxylation is 4. The molecule has 1 nitrogen and oxygen atoms in total. The number of aliphatic hydroxyl groups excluding tert-OH is 1. The number of fused-ring (bicyclic) bond motifs is 4. The summed E-state index contributed by atoms with van der Waals surface area (Å²) in [5.41, 5.74) is 6.59. The zero-order valence-electron chi connectivity index (χ0n) is 10.5. The van der Waals surface area contributed by atoms with Crippen LogP contribution in [0.1, 0.15) is 27.8 Å². The molecular formula is C17H18O. The van der Waals surface area contributed by atoms with Crippen molar-refractivity contribution in [1.29, 1.82) is 0 Å². The molecule has 0 saturated heterocycles. The molecule has 1 aliphatic rings. The lowest BCUT2D eigenvalue weighted by Gasteiger charge is -2.12. The van der Waals surface area contributed by atoms with Gasteiger partial charge in [0.1, 0.15) is 0 Å². The molecule has 0 unspecified atom stereocenters. The second-order valence-corrected chi connectivity index (χ2v) is 5.14.